The molecule has 0 unspecified atom stereocenters. The maximum Gasteiger partial charge on any atom is 0.326 e. The van der Waals surface area contributed by atoms with Gasteiger partial charge >= 0.3 is 5.97 Å². The minimum atomic E-state index is -0.697. The lowest BCUT2D eigenvalue weighted by Gasteiger charge is -2.06. The summed E-state index contributed by atoms with van der Waals surface area (Å²) < 4.78 is 11.7. The molecule has 0 spiro atoms. The van der Waals surface area contributed by atoms with Crippen molar-refractivity contribution in [2.24, 2.45) is 0 Å². The van der Waals surface area contributed by atoms with Crippen molar-refractivity contribution >= 4 is 45.2 Å². The molecular formula is C20H16N2O5S. The van der Waals surface area contributed by atoms with Gasteiger partial charge in [0.15, 0.2) is 6.61 Å². The highest BCUT2D eigenvalue weighted by Crippen LogP contribution is 2.24. The molecule has 0 fully saturated rings. The highest BCUT2D eigenvalue weighted by Gasteiger charge is 2.17. The van der Waals surface area contributed by atoms with E-state index in [1.54, 1.807) is 18.2 Å². The molecule has 3 aromatic heterocycles. The van der Waals surface area contributed by atoms with Crippen molar-refractivity contribution in [2.45, 2.75) is 20.4 Å². The summed E-state index contributed by atoms with van der Waals surface area (Å²) in [6, 6.07) is 8.96. The van der Waals surface area contributed by atoms with Gasteiger partial charge in [-0.1, -0.05) is 12.1 Å². The van der Waals surface area contributed by atoms with Crippen LogP contribution >= 0.6 is 11.3 Å². The average molecular weight is 396 g/mol. The number of aromatic nitrogens is 2. The van der Waals surface area contributed by atoms with Gasteiger partial charge in [0, 0.05) is 20.7 Å². The van der Waals surface area contributed by atoms with Gasteiger partial charge in [0.2, 0.25) is 11.4 Å². The number of Topliss-reactive ketones (excluding diaryl/α,β-unsaturated/α-hetero) is 1. The van der Waals surface area contributed by atoms with E-state index in [9.17, 15) is 14.4 Å². The normalized spacial score (nSPS) is 11.2. The molecule has 0 saturated heterocycles. The van der Waals surface area contributed by atoms with Crippen LogP contribution in [0.4, 0.5) is 0 Å². The Hall–Kier alpha value is -3.26. The Morgan fingerprint density at radius 3 is 2.79 bits per heavy atom. The third-order valence-electron chi connectivity index (χ3n) is 4.36. The fraction of sp³-hybridized carbons (Fsp3) is 0.200. The van der Waals surface area contributed by atoms with Crippen molar-refractivity contribution in [2.75, 3.05) is 6.61 Å². The van der Waals surface area contributed by atoms with E-state index in [1.165, 1.54) is 17.7 Å². The molecule has 0 saturated carbocycles. The van der Waals surface area contributed by atoms with Crippen LogP contribution in [-0.4, -0.2) is 27.9 Å². The minimum Gasteiger partial charge on any atom is -0.456 e. The van der Waals surface area contributed by atoms with Crippen LogP contribution in [0, 0.1) is 13.8 Å². The van der Waals surface area contributed by atoms with Gasteiger partial charge in [0.25, 0.3) is 5.56 Å². The second-order valence-electron chi connectivity index (χ2n) is 6.36. The summed E-state index contributed by atoms with van der Waals surface area (Å²) in [5.41, 5.74) is 1.15. The lowest BCUT2D eigenvalue weighted by molar-refractivity contribution is -0.143. The first-order valence-corrected chi connectivity index (χ1v) is 9.38. The summed E-state index contributed by atoms with van der Waals surface area (Å²) in [6.07, 6.45) is 1.28. The largest absolute Gasteiger partial charge is 0.456 e. The van der Waals surface area contributed by atoms with Gasteiger partial charge < -0.3 is 9.15 Å². The smallest absolute Gasteiger partial charge is 0.326 e. The first-order chi connectivity index (χ1) is 13.4. The summed E-state index contributed by atoms with van der Waals surface area (Å²) in [6.45, 7) is 3.03. The van der Waals surface area contributed by atoms with E-state index in [4.69, 9.17) is 9.15 Å². The van der Waals surface area contributed by atoms with Crippen molar-refractivity contribution < 1.29 is 18.7 Å². The molecule has 0 radical (unpaired) electrons. The van der Waals surface area contributed by atoms with Gasteiger partial charge in [-0.2, -0.15) is 0 Å². The van der Waals surface area contributed by atoms with Gasteiger partial charge in [-0.05, 0) is 32.0 Å². The summed E-state index contributed by atoms with van der Waals surface area (Å²) in [7, 11) is 0. The van der Waals surface area contributed by atoms with Crippen molar-refractivity contribution in [1.82, 2.24) is 9.55 Å². The van der Waals surface area contributed by atoms with Gasteiger partial charge in [-0.15, -0.1) is 11.3 Å². The number of thiophene rings is 1. The van der Waals surface area contributed by atoms with Gasteiger partial charge in [0.1, 0.15) is 17.6 Å². The van der Waals surface area contributed by atoms with Crippen LogP contribution < -0.4 is 5.56 Å². The van der Waals surface area contributed by atoms with E-state index in [0.717, 1.165) is 19.7 Å². The lowest BCUT2D eigenvalue weighted by Crippen LogP contribution is -2.26. The lowest BCUT2D eigenvalue weighted by atomic mass is 10.2. The fourth-order valence-corrected chi connectivity index (χ4v) is 3.99. The highest BCUT2D eigenvalue weighted by molar-refractivity contribution is 7.12. The number of furan rings is 1. The SMILES string of the molecule is Cc1cc(C(=O)COC(=O)Cn2cnc3c(oc4ccccc43)c2=O)c(C)s1. The Labute approximate surface area is 163 Å². The zero-order valence-electron chi connectivity index (χ0n) is 15.2. The van der Waals surface area contributed by atoms with Gasteiger partial charge in [-0.25, -0.2) is 4.98 Å². The van der Waals surface area contributed by atoms with Crippen molar-refractivity contribution in [3.8, 4) is 0 Å². The average Bonchev–Trinajstić information content (AvgIpc) is 3.22. The quantitative estimate of drug-likeness (QED) is 0.380. The van der Waals surface area contributed by atoms with Crippen LogP contribution in [0.2, 0.25) is 0 Å². The summed E-state index contributed by atoms with van der Waals surface area (Å²) in [4.78, 5) is 43.1. The van der Waals surface area contributed by atoms with E-state index in [2.05, 4.69) is 4.98 Å². The number of benzene rings is 1. The molecule has 3 heterocycles. The third kappa shape index (κ3) is 3.22. The molecular weight excluding hydrogens is 380 g/mol. The maximum absolute atomic E-state index is 12.6. The Kier molecular flexibility index (Phi) is 4.56. The molecule has 4 rings (SSSR count). The standard InChI is InChI=1S/C20H16N2O5S/c1-11-7-14(12(2)28-11)15(23)9-26-17(24)8-22-10-21-18-13-5-3-4-6-16(13)27-19(18)20(22)25/h3-7,10H,8-9H2,1-2H3. The minimum absolute atomic E-state index is 0.0805. The number of ether oxygens (including phenoxy) is 1. The van der Waals surface area contributed by atoms with Crippen LogP contribution in [-0.2, 0) is 16.1 Å². The Morgan fingerprint density at radius 1 is 1.25 bits per heavy atom. The number of esters is 1. The number of aryl methyl sites for hydroxylation is 2. The van der Waals surface area contributed by atoms with E-state index >= 15 is 0 Å². The zero-order valence-corrected chi connectivity index (χ0v) is 16.0. The summed E-state index contributed by atoms with van der Waals surface area (Å²) >= 11 is 1.51. The number of para-hydroxylation sites is 1. The zero-order chi connectivity index (χ0) is 19.8. The number of nitrogens with zero attached hydrogens (tertiary/aromatic N) is 2. The second kappa shape index (κ2) is 7.05. The summed E-state index contributed by atoms with van der Waals surface area (Å²) in [5, 5.41) is 0.733. The first kappa shape index (κ1) is 18.1. The maximum atomic E-state index is 12.6. The van der Waals surface area contributed by atoms with Crippen LogP contribution in [0.1, 0.15) is 20.1 Å². The van der Waals surface area contributed by atoms with E-state index in [-0.39, 0.29) is 24.5 Å². The molecule has 0 bridgehead atoms. The number of ketones is 1. The fourth-order valence-electron chi connectivity index (χ4n) is 3.04. The van der Waals surface area contributed by atoms with Crippen LogP contribution in [0.3, 0.4) is 0 Å². The van der Waals surface area contributed by atoms with Crippen molar-refractivity contribution in [3.63, 3.8) is 0 Å². The monoisotopic (exact) mass is 396 g/mol. The number of carbonyl (C=O) groups excluding carboxylic acids is 2. The Morgan fingerprint density at radius 2 is 2.04 bits per heavy atom. The van der Waals surface area contributed by atoms with Gasteiger partial charge in [-0.3, -0.25) is 19.0 Å². The molecule has 0 N–H and O–H groups in total. The Balaban J connectivity index is 1.50. The molecule has 142 valence electrons. The number of carbonyl (C=O) groups is 2. The summed E-state index contributed by atoms with van der Waals surface area (Å²) in [5.74, 6) is -0.967. The molecule has 8 heteroatoms. The van der Waals surface area contributed by atoms with E-state index in [0.29, 0.717) is 16.7 Å². The topological polar surface area (TPSA) is 91.4 Å². The number of hydrogen-bond acceptors (Lipinski definition) is 7. The molecule has 4 aromatic rings. The van der Waals surface area contributed by atoms with E-state index < -0.39 is 11.5 Å². The van der Waals surface area contributed by atoms with Crippen LogP contribution in [0.25, 0.3) is 22.1 Å². The highest BCUT2D eigenvalue weighted by atomic mass is 32.1. The van der Waals surface area contributed by atoms with Crippen LogP contribution in [0.5, 0.6) is 0 Å². The molecule has 0 aliphatic carbocycles. The first-order valence-electron chi connectivity index (χ1n) is 8.56. The number of hydrogen-bond donors (Lipinski definition) is 0. The molecule has 28 heavy (non-hydrogen) atoms. The predicted molar refractivity (Wildman–Crippen MR) is 105 cm³/mol. The van der Waals surface area contributed by atoms with E-state index in [1.807, 2.05) is 26.0 Å². The Bertz CT molecular complexity index is 1280. The number of fused-ring (bicyclic) bond motifs is 3. The van der Waals surface area contributed by atoms with Crippen molar-refractivity contribution in [1.29, 1.82) is 0 Å². The molecule has 7 nitrogen and oxygen atoms in total. The molecule has 0 aliphatic heterocycles. The van der Waals surface area contributed by atoms with Gasteiger partial charge in [0.05, 0.1) is 6.33 Å². The van der Waals surface area contributed by atoms with Crippen LogP contribution in [0.15, 0.2) is 45.9 Å². The van der Waals surface area contributed by atoms with Crippen molar-refractivity contribution in [3.05, 3.63) is 62.3 Å². The molecule has 0 aliphatic rings. The molecule has 1 aromatic carbocycles. The molecule has 0 atom stereocenters. The number of rotatable bonds is 5. The molecule has 0 amide bonds. The predicted octanol–water partition coefficient (Wildman–Crippen LogP) is 3.25. The second-order valence-corrected chi connectivity index (χ2v) is 7.82. The third-order valence-corrected chi connectivity index (χ3v) is 5.32.